The van der Waals surface area contributed by atoms with E-state index in [1.165, 1.54) is 6.07 Å². The Bertz CT molecular complexity index is 392. The zero-order valence-electron chi connectivity index (χ0n) is 8.23. The van der Waals surface area contributed by atoms with E-state index in [0.717, 1.165) is 5.69 Å². The molecule has 1 aromatic carbocycles. The molecule has 0 radical (unpaired) electrons. The molecule has 5 heteroatoms. The normalized spacial score (nSPS) is 14.7. The summed E-state index contributed by atoms with van der Waals surface area (Å²) < 4.78 is 0. The van der Waals surface area contributed by atoms with E-state index in [1.54, 1.807) is 12.1 Å². The molecule has 0 bridgehead atoms. The van der Waals surface area contributed by atoms with Crippen LogP contribution in [0.5, 0.6) is 5.75 Å². The van der Waals surface area contributed by atoms with Gasteiger partial charge in [0.15, 0.2) is 0 Å². The lowest BCUT2D eigenvalue weighted by Gasteiger charge is -2.30. The number of nitrogens with one attached hydrogen (secondary N) is 1. The fraction of sp³-hybridized carbons (Fsp3) is 0.300. The summed E-state index contributed by atoms with van der Waals surface area (Å²) in [6, 6.07) is 4.91. The van der Waals surface area contributed by atoms with Crippen molar-refractivity contribution in [1.82, 2.24) is 0 Å². The van der Waals surface area contributed by atoms with E-state index in [4.69, 9.17) is 5.73 Å². The number of nitrogens with two attached hydrogens (primary N) is 1. The first-order chi connectivity index (χ1) is 7.20. The molecular formula is C10H13N3O2. The quantitative estimate of drug-likeness (QED) is 0.643. The molecule has 0 aromatic heterocycles. The molecule has 0 spiro atoms. The Kier molecular flexibility index (Phi) is 2.47. The van der Waals surface area contributed by atoms with Gasteiger partial charge in [0.25, 0.3) is 0 Å². The number of amides is 1. The van der Waals surface area contributed by atoms with Crippen LogP contribution in [0, 0.1) is 0 Å². The molecule has 15 heavy (non-hydrogen) atoms. The minimum absolute atomic E-state index is 0.0819. The van der Waals surface area contributed by atoms with Gasteiger partial charge in [0, 0.05) is 19.2 Å². The Morgan fingerprint density at radius 3 is 3.07 bits per heavy atom. The minimum atomic E-state index is -0.0819. The monoisotopic (exact) mass is 207 g/mol. The number of phenols is 1. The second kappa shape index (κ2) is 3.78. The zero-order chi connectivity index (χ0) is 10.8. The number of benzene rings is 1. The predicted octanol–water partition coefficient (Wildman–Crippen LogP) is 0.109. The number of fused-ring (bicyclic) bond motifs is 1. The highest BCUT2D eigenvalue weighted by Gasteiger charge is 2.21. The molecule has 2 rings (SSSR count). The van der Waals surface area contributed by atoms with Crippen molar-refractivity contribution in [3.8, 4) is 5.75 Å². The zero-order valence-corrected chi connectivity index (χ0v) is 8.23. The summed E-state index contributed by atoms with van der Waals surface area (Å²) in [4.78, 5) is 13.2. The third kappa shape index (κ3) is 1.87. The van der Waals surface area contributed by atoms with Crippen molar-refractivity contribution in [1.29, 1.82) is 0 Å². The van der Waals surface area contributed by atoms with E-state index >= 15 is 0 Å². The maximum absolute atomic E-state index is 11.3. The second-order valence-electron chi connectivity index (χ2n) is 3.46. The largest absolute Gasteiger partial charge is 0.508 e. The van der Waals surface area contributed by atoms with Crippen LogP contribution in [0.3, 0.4) is 0 Å². The van der Waals surface area contributed by atoms with Gasteiger partial charge in [-0.05, 0) is 12.1 Å². The standard InChI is InChI=1S/C10H13N3O2/c11-3-4-13-6-10(15)12-8-5-7(14)1-2-9(8)13/h1-2,5,14H,3-4,6,11H2,(H,12,15). The number of carbonyl (C=O) groups excluding carboxylic acids is 1. The van der Waals surface area contributed by atoms with Crippen LogP contribution in [0.4, 0.5) is 11.4 Å². The summed E-state index contributed by atoms with van der Waals surface area (Å²) in [5.74, 6) is 0.0604. The van der Waals surface area contributed by atoms with Gasteiger partial charge in [0.05, 0.1) is 17.9 Å². The lowest BCUT2D eigenvalue weighted by molar-refractivity contribution is -0.115. The second-order valence-corrected chi connectivity index (χ2v) is 3.46. The number of phenolic OH excluding ortho intramolecular Hbond substituents is 1. The first kappa shape index (κ1) is 9.79. The third-order valence-electron chi connectivity index (χ3n) is 2.33. The molecule has 0 unspecified atom stereocenters. The van der Waals surface area contributed by atoms with E-state index in [0.29, 0.717) is 25.3 Å². The Labute approximate surface area is 87.5 Å². The number of hydrogen-bond acceptors (Lipinski definition) is 4. The maximum atomic E-state index is 11.3. The summed E-state index contributed by atoms with van der Waals surface area (Å²) in [6.45, 7) is 1.44. The van der Waals surface area contributed by atoms with Crippen LogP contribution < -0.4 is 16.0 Å². The number of aromatic hydroxyl groups is 1. The molecule has 1 aliphatic heterocycles. The van der Waals surface area contributed by atoms with Crippen molar-refractivity contribution in [3.05, 3.63) is 18.2 Å². The Balaban J connectivity index is 2.37. The summed E-state index contributed by atoms with van der Waals surface area (Å²) in [7, 11) is 0. The Morgan fingerprint density at radius 1 is 1.53 bits per heavy atom. The number of hydrogen-bond donors (Lipinski definition) is 3. The summed E-state index contributed by atoms with van der Waals surface area (Å²) in [5.41, 5.74) is 7.01. The van der Waals surface area contributed by atoms with Crippen molar-refractivity contribution in [2.45, 2.75) is 0 Å². The minimum Gasteiger partial charge on any atom is -0.508 e. The van der Waals surface area contributed by atoms with Gasteiger partial charge in [0.1, 0.15) is 5.75 Å². The fourth-order valence-corrected chi connectivity index (χ4v) is 1.70. The lowest BCUT2D eigenvalue weighted by atomic mass is 10.2. The Hall–Kier alpha value is -1.75. The molecule has 0 fully saturated rings. The molecule has 0 saturated heterocycles. The predicted molar refractivity (Wildman–Crippen MR) is 58.0 cm³/mol. The molecule has 1 heterocycles. The number of anilines is 2. The number of nitrogens with zero attached hydrogens (tertiary/aromatic N) is 1. The smallest absolute Gasteiger partial charge is 0.243 e. The average Bonchev–Trinajstić information content (AvgIpc) is 2.17. The topological polar surface area (TPSA) is 78.6 Å². The molecule has 1 aliphatic rings. The van der Waals surface area contributed by atoms with Crippen molar-refractivity contribution in [3.63, 3.8) is 0 Å². The summed E-state index contributed by atoms with van der Waals surface area (Å²) >= 11 is 0. The van der Waals surface area contributed by atoms with E-state index < -0.39 is 0 Å². The molecule has 4 N–H and O–H groups in total. The van der Waals surface area contributed by atoms with Crippen LogP contribution >= 0.6 is 0 Å². The summed E-state index contributed by atoms with van der Waals surface area (Å²) in [6.07, 6.45) is 0. The molecule has 1 aromatic rings. The van der Waals surface area contributed by atoms with E-state index in [9.17, 15) is 9.90 Å². The van der Waals surface area contributed by atoms with Gasteiger partial charge in [-0.3, -0.25) is 4.79 Å². The highest BCUT2D eigenvalue weighted by atomic mass is 16.3. The van der Waals surface area contributed by atoms with E-state index in [1.807, 2.05) is 4.90 Å². The maximum Gasteiger partial charge on any atom is 0.243 e. The lowest BCUT2D eigenvalue weighted by Crippen LogP contribution is -2.40. The molecule has 0 atom stereocenters. The molecule has 80 valence electrons. The van der Waals surface area contributed by atoms with Crippen LogP contribution in [0.25, 0.3) is 0 Å². The van der Waals surface area contributed by atoms with Crippen LogP contribution in [0.15, 0.2) is 18.2 Å². The van der Waals surface area contributed by atoms with Gasteiger partial charge >= 0.3 is 0 Å². The number of rotatable bonds is 2. The first-order valence-electron chi connectivity index (χ1n) is 4.78. The van der Waals surface area contributed by atoms with Crippen LogP contribution in [0.1, 0.15) is 0 Å². The van der Waals surface area contributed by atoms with Crippen molar-refractivity contribution in [2.24, 2.45) is 5.73 Å². The van der Waals surface area contributed by atoms with Crippen molar-refractivity contribution in [2.75, 3.05) is 29.9 Å². The first-order valence-corrected chi connectivity index (χ1v) is 4.78. The van der Waals surface area contributed by atoms with Gasteiger partial charge in [0.2, 0.25) is 5.91 Å². The van der Waals surface area contributed by atoms with Gasteiger partial charge in [-0.1, -0.05) is 0 Å². The number of carbonyl (C=O) groups is 1. The third-order valence-corrected chi connectivity index (χ3v) is 2.33. The van der Waals surface area contributed by atoms with E-state index in [-0.39, 0.29) is 11.7 Å². The molecule has 0 aliphatic carbocycles. The molecule has 1 amide bonds. The highest BCUT2D eigenvalue weighted by Crippen LogP contribution is 2.31. The van der Waals surface area contributed by atoms with Gasteiger partial charge in [-0.25, -0.2) is 0 Å². The van der Waals surface area contributed by atoms with Crippen molar-refractivity contribution >= 4 is 17.3 Å². The van der Waals surface area contributed by atoms with Gasteiger partial charge < -0.3 is 21.1 Å². The average molecular weight is 207 g/mol. The molecule has 0 saturated carbocycles. The van der Waals surface area contributed by atoms with Gasteiger partial charge in [-0.2, -0.15) is 0 Å². The SMILES string of the molecule is NCCN1CC(=O)Nc2cc(O)ccc21. The fourth-order valence-electron chi connectivity index (χ4n) is 1.70. The molecular weight excluding hydrogens is 194 g/mol. The molecule has 5 nitrogen and oxygen atoms in total. The summed E-state index contributed by atoms with van der Waals surface area (Å²) in [5, 5.41) is 12.0. The van der Waals surface area contributed by atoms with Gasteiger partial charge in [-0.15, -0.1) is 0 Å². The Morgan fingerprint density at radius 2 is 2.33 bits per heavy atom. The van der Waals surface area contributed by atoms with Crippen LogP contribution in [0.2, 0.25) is 0 Å². The van der Waals surface area contributed by atoms with Crippen LogP contribution in [-0.4, -0.2) is 30.6 Å². The van der Waals surface area contributed by atoms with Crippen LogP contribution in [-0.2, 0) is 4.79 Å². The highest BCUT2D eigenvalue weighted by molar-refractivity contribution is 6.01. The van der Waals surface area contributed by atoms with Crippen molar-refractivity contribution < 1.29 is 9.90 Å². The van der Waals surface area contributed by atoms with E-state index in [2.05, 4.69) is 5.32 Å².